The molecule has 158 valence electrons. The minimum absolute atomic E-state index is 0.0103. The van der Waals surface area contributed by atoms with Crippen molar-refractivity contribution in [2.45, 2.75) is 22.2 Å². The number of nitro groups is 1. The number of carbonyl (C=O) groups excluding carboxylic acids is 1. The van der Waals surface area contributed by atoms with Gasteiger partial charge in [-0.05, 0) is 42.7 Å². The molecular weight excluding hydrogens is 456 g/mol. The molecule has 0 saturated carbocycles. The zero-order chi connectivity index (χ0) is 21.9. The normalized spacial score (nSPS) is 18.2. The van der Waals surface area contributed by atoms with Crippen molar-refractivity contribution in [1.29, 1.82) is 0 Å². The average molecular weight is 473 g/mol. The first kappa shape index (κ1) is 22.3. The van der Waals surface area contributed by atoms with Crippen molar-refractivity contribution in [2.24, 2.45) is 0 Å². The quantitative estimate of drug-likeness (QED) is 0.259. The van der Waals surface area contributed by atoms with Gasteiger partial charge in [-0.1, -0.05) is 58.6 Å². The predicted octanol–water partition coefficient (Wildman–Crippen LogP) is 4.94. The highest BCUT2D eigenvalue weighted by Gasteiger charge is 2.42. The Balaban J connectivity index is 1.70. The maximum atomic E-state index is 13.2. The molecule has 0 saturated heterocycles. The van der Waals surface area contributed by atoms with Crippen LogP contribution >= 0.6 is 34.8 Å². The van der Waals surface area contributed by atoms with Crippen LogP contribution in [0.3, 0.4) is 0 Å². The first-order chi connectivity index (χ1) is 14.1. The molecular formula is C20H17Cl3FN3O3. The number of alkyl halides is 3. The van der Waals surface area contributed by atoms with Crippen molar-refractivity contribution in [3.63, 3.8) is 0 Å². The van der Waals surface area contributed by atoms with E-state index in [0.717, 1.165) is 16.8 Å². The van der Waals surface area contributed by atoms with Crippen LogP contribution in [-0.2, 0) is 11.2 Å². The van der Waals surface area contributed by atoms with E-state index < -0.39 is 20.2 Å². The fraction of sp³-hybridized carbons (Fsp3) is 0.250. The Morgan fingerprint density at radius 3 is 2.27 bits per heavy atom. The predicted molar refractivity (Wildman–Crippen MR) is 116 cm³/mol. The smallest absolute Gasteiger partial charge is 0.272 e. The van der Waals surface area contributed by atoms with Crippen molar-refractivity contribution in [3.05, 3.63) is 81.7 Å². The zero-order valence-electron chi connectivity index (χ0n) is 15.5. The van der Waals surface area contributed by atoms with E-state index in [1.165, 1.54) is 24.3 Å². The van der Waals surface area contributed by atoms with Crippen molar-refractivity contribution in [2.75, 3.05) is 11.9 Å². The zero-order valence-corrected chi connectivity index (χ0v) is 17.8. The molecule has 0 fully saturated rings. The summed E-state index contributed by atoms with van der Waals surface area (Å²) in [7, 11) is 0. The van der Waals surface area contributed by atoms with E-state index in [0.29, 0.717) is 19.4 Å². The Bertz CT molecular complexity index is 976. The molecule has 0 radical (unpaired) electrons. The molecule has 0 aliphatic heterocycles. The summed E-state index contributed by atoms with van der Waals surface area (Å²) in [5.74, 6) is -1.09. The molecule has 10 heteroatoms. The van der Waals surface area contributed by atoms with Gasteiger partial charge in [-0.2, -0.15) is 0 Å². The molecule has 1 amide bonds. The number of nitrogens with one attached hydrogen (secondary N) is 2. The van der Waals surface area contributed by atoms with Gasteiger partial charge in [-0.3, -0.25) is 14.9 Å². The Morgan fingerprint density at radius 1 is 1.13 bits per heavy atom. The number of halogens is 4. The summed E-state index contributed by atoms with van der Waals surface area (Å²) in [6, 6.07) is 12.0. The lowest BCUT2D eigenvalue weighted by Gasteiger charge is -2.42. The van der Waals surface area contributed by atoms with E-state index in [2.05, 4.69) is 10.6 Å². The van der Waals surface area contributed by atoms with Crippen molar-refractivity contribution < 1.29 is 14.1 Å². The minimum atomic E-state index is -2.10. The van der Waals surface area contributed by atoms with E-state index in [-0.39, 0.29) is 11.5 Å². The van der Waals surface area contributed by atoms with Crippen LogP contribution < -0.4 is 10.6 Å². The standard InChI is InChI=1S/C20H17Cl3FN3O3/c21-20(22,23)18(28)26-19(9-13-1-3-15(24)4-2-13)10-14(11-19)12-25-16-5-7-17(8-6-16)27(29)30/h1-8,10,25H,9,11-12H2,(H,26,28). The first-order valence-corrected chi connectivity index (χ1v) is 10.0. The molecule has 0 aromatic heterocycles. The van der Waals surface area contributed by atoms with Gasteiger partial charge in [-0.15, -0.1) is 0 Å². The summed E-state index contributed by atoms with van der Waals surface area (Å²) >= 11 is 17.1. The topological polar surface area (TPSA) is 84.3 Å². The number of hydrogen-bond acceptors (Lipinski definition) is 4. The van der Waals surface area contributed by atoms with E-state index in [9.17, 15) is 19.3 Å². The SMILES string of the molecule is O=C(NC1(Cc2ccc(F)cc2)C=C(CNc2ccc([N+](=O)[O-])cc2)C1)C(Cl)(Cl)Cl. The number of nitrogens with zero attached hydrogens (tertiary/aromatic N) is 1. The van der Waals surface area contributed by atoms with E-state index in [1.54, 1.807) is 24.3 Å². The number of benzene rings is 2. The van der Waals surface area contributed by atoms with E-state index in [4.69, 9.17) is 34.8 Å². The van der Waals surface area contributed by atoms with Crippen molar-refractivity contribution in [3.8, 4) is 0 Å². The van der Waals surface area contributed by atoms with E-state index >= 15 is 0 Å². The maximum absolute atomic E-state index is 13.2. The summed E-state index contributed by atoms with van der Waals surface area (Å²) < 4.78 is 11.1. The third-order valence-corrected chi connectivity index (χ3v) is 5.19. The first-order valence-electron chi connectivity index (χ1n) is 8.89. The lowest BCUT2D eigenvalue weighted by molar-refractivity contribution is -0.384. The van der Waals surface area contributed by atoms with Crippen LogP contribution in [0.1, 0.15) is 12.0 Å². The number of carbonyl (C=O) groups is 1. The van der Waals surface area contributed by atoms with Gasteiger partial charge in [0, 0.05) is 24.4 Å². The monoisotopic (exact) mass is 471 g/mol. The van der Waals surface area contributed by atoms with Crippen LogP contribution in [0.4, 0.5) is 15.8 Å². The van der Waals surface area contributed by atoms with Gasteiger partial charge in [-0.25, -0.2) is 4.39 Å². The van der Waals surface area contributed by atoms with Crippen LogP contribution in [0, 0.1) is 15.9 Å². The number of anilines is 1. The summed E-state index contributed by atoms with van der Waals surface area (Å²) in [6.45, 7) is 0.479. The highest BCUT2D eigenvalue weighted by molar-refractivity contribution is 6.76. The molecule has 2 aromatic rings. The summed E-state index contributed by atoms with van der Waals surface area (Å²) in [5.41, 5.74) is 1.80. The largest absolute Gasteiger partial charge is 0.381 e. The lowest BCUT2D eigenvalue weighted by atomic mass is 9.74. The molecule has 2 aromatic carbocycles. The molecule has 1 aliphatic rings. The van der Waals surface area contributed by atoms with Crippen LogP contribution in [0.15, 0.2) is 60.2 Å². The Kier molecular flexibility index (Phi) is 6.55. The molecule has 3 rings (SSSR count). The van der Waals surface area contributed by atoms with Crippen LogP contribution in [0.25, 0.3) is 0 Å². The van der Waals surface area contributed by atoms with Gasteiger partial charge < -0.3 is 10.6 Å². The third-order valence-electron chi connectivity index (χ3n) is 4.67. The van der Waals surface area contributed by atoms with Crippen LogP contribution in [-0.4, -0.2) is 26.7 Å². The molecule has 0 bridgehead atoms. The Labute approximate surface area is 187 Å². The summed E-state index contributed by atoms with van der Waals surface area (Å²) in [4.78, 5) is 22.5. The number of non-ortho nitro benzene ring substituents is 1. The maximum Gasteiger partial charge on any atom is 0.272 e. The molecule has 1 unspecified atom stereocenters. The molecule has 6 nitrogen and oxygen atoms in total. The van der Waals surface area contributed by atoms with Crippen LogP contribution in [0.5, 0.6) is 0 Å². The van der Waals surface area contributed by atoms with Gasteiger partial charge >= 0.3 is 0 Å². The second-order valence-electron chi connectivity index (χ2n) is 7.05. The molecule has 1 aliphatic carbocycles. The number of rotatable bonds is 7. The second-order valence-corrected chi connectivity index (χ2v) is 9.33. The Hall–Kier alpha value is -2.35. The number of hydrogen-bond donors (Lipinski definition) is 2. The number of nitro benzene ring substituents is 1. The molecule has 0 spiro atoms. The Morgan fingerprint density at radius 2 is 1.73 bits per heavy atom. The fourth-order valence-corrected chi connectivity index (χ4v) is 3.44. The van der Waals surface area contributed by atoms with Gasteiger partial charge in [0.05, 0.1) is 10.5 Å². The average Bonchev–Trinajstić information content (AvgIpc) is 2.65. The minimum Gasteiger partial charge on any atom is -0.381 e. The molecule has 1 atom stereocenters. The lowest BCUT2D eigenvalue weighted by Crippen LogP contribution is -2.56. The second kappa shape index (κ2) is 8.79. The highest BCUT2D eigenvalue weighted by Crippen LogP contribution is 2.36. The van der Waals surface area contributed by atoms with Gasteiger partial charge in [0.1, 0.15) is 5.82 Å². The summed E-state index contributed by atoms with van der Waals surface area (Å²) in [5, 5.41) is 16.7. The van der Waals surface area contributed by atoms with Crippen LogP contribution in [0.2, 0.25) is 0 Å². The van der Waals surface area contributed by atoms with Crippen molar-refractivity contribution >= 4 is 52.1 Å². The van der Waals surface area contributed by atoms with Gasteiger partial charge in [0.2, 0.25) is 0 Å². The highest BCUT2D eigenvalue weighted by atomic mass is 35.6. The van der Waals surface area contributed by atoms with Gasteiger partial charge in [0.15, 0.2) is 0 Å². The number of amides is 1. The summed E-state index contributed by atoms with van der Waals surface area (Å²) in [6.07, 6.45) is 2.78. The van der Waals surface area contributed by atoms with Gasteiger partial charge in [0.25, 0.3) is 15.4 Å². The molecule has 0 heterocycles. The van der Waals surface area contributed by atoms with Crippen molar-refractivity contribution in [1.82, 2.24) is 5.32 Å². The van der Waals surface area contributed by atoms with E-state index in [1.807, 2.05) is 6.08 Å². The molecule has 30 heavy (non-hydrogen) atoms. The third kappa shape index (κ3) is 5.62. The molecule has 2 N–H and O–H groups in total. The fourth-order valence-electron chi connectivity index (χ4n) is 3.30.